The lowest BCUT2D eigenvalue weighted by molar-refractivity contribution is -0.138. The van der Waals surface area contributed by atoms with Crippen molar-refractivity contribution in [2.75, 3.05) is 0 Å². The maximum absolute atomic E-state index is 12.2. The van der Waals surface area contributed by atoms with Crippen LogP contribution in [0.25, 0.3) is 22.6 Å². The third kappa shape index (κ3) is 3.54. The molecule has 130 valence electrons. The molecule has 0 saturated carbocycles. The summed E-state index contributed by atoms with van der Waals surface area (Å²) in [7, 11) is -3.92. The number of nitrogens with zero attached hydrogens (tertiary/aromatic N) is 1. The lowest BCUT2D eigenvalue weighted by atomic mass is 10.2. The van der Waals surface area contributed by atoms with Crippen LogP contribution in [-0.4, -0.2) is 30.5 Å². The zero-order chi connectivity index (χ0) is 18.2. The molecule has 0 aliphatic rings. The van der Waals surface area contributed by atoms with E-state index < -0.39 is 22.0 Å². The van der Waals surface area contributed by atoms with Crippen molar-refractivity contribution < 1.29 is 22.7 Å². The third-order valence-electron chi connectivity index (χ3n) is 3.66. The number of hydrogen-bond acceptors (Lipinski definition) is 5. The van der Waals surface area contributed by atoms with Crippen molar-refractivity contribution in [2.24, 2.45) is 0 Å². The van der Waals surface area contributed by atoms with Gasteiger partial charge in [-0.05, 0) is 55.8 Å². The minimum absolute atomic E-state index is 0.0312. The second-order valence-electron chi connectivity index (χ2n) is 5.70. The summed E-state index contributed by atoms with van der Waals surface area (Å²) in [6.07, 6.45) is 0. The number of benzene rings is 2. The number of carbonyl (C=O) groups is 1. The molecule has 8 heteroatoms. The fourth-order valence-electron chi connectivity index (χ4n) is 2.28. The smallest absolute Gasteiger partial charge is 0.321 e. The molecule has 0 bridgehead atoms. The standard InChI is InChI=1S/C17H16N2O5S/c1-10-3-8-14-15(9-10)24-16(18-14)12-4-6-13(7-5-12)25(22,23)19-11(2)17(20)21/h3-9,11,19H,1-2H3,(H,20,21)/t11-/m1/s1. The Balaban J connectivity index is 1.89. The highest BCUT2D eigenvalue weighted by molar-refractivity contribution is 7.89. The minimum Gasteiger partial charge on any atom is -0.480 e. The van der Waals surface area contributed by atoms with Gasteiger partial charge in [0.25, 0.3) is 0 Å². The summed E-state index contributed by atoms with van der Waals surface area (Å²) < 4.78 is 32.1. The van der Waals surface area contributed by atoms with Gasteiger partial charge in [-0.3, -0.25) is 4.79 Å². The average Bonchev–Trinajstić information content (AvgIpc) is 2.97. The normalized spacial score (nSPS) is 13.0. The number of aromatic nitrogens is 1. The van der Waals surface area contributed by atoms with Gasteiger partial charge >= 0.3 is 5.97 Å². The van der Waals surface area contributed by atoms with Gasteiger partial charge in [0.05, 0.1) is 4.90 Å². The molecule has 0 spiro atoms. The number of fused-ring (bicyclic) bond motifs is 1. The van der Waals surface area contributed by atoms with Gasteiger partial charge < -0.3 is 9.52 Å². The molecule has 7 nitrogen and oxygen atoms in total. The number of carboxylic acids is 1. The predicted octanol–water partition coefficient (Wildman–Crippen LogP) is 2.55. The minimum atomic E-state index is -3.92. The highest BCUT2D eigenvalue weighted by Gasteiger charge is 2.21. The topological polar surface area (TPSA) is 110 Å². The van der Waals surface area contributed by atoms with Crippen molar-refractivity contribution in [2.45, 2.75) is 24.8 Å². The lowest BCUT2D eigenvalue weighted by Gasteiger charge is -2.10. The van der Waals surface area contributed by atoms with Crippen LogP contribution in [0.15, 0.2) is 51.8 Å². The van der Waals surface area contributed by atoms with Crippen LogP contribution in [0.2, 0.25) is 0 Å². The Morgan fingerprint density at radius 2 is 1.88 bits per heavy atom. The first-order valence-electron chi connectivity index (χ1n) is 7.49. The average molecular weight is 360 g/mol. The molecule has 0 fully saturated rings. The Morgan fingerprint density at radius 1 is 1.20 bits per heavy atom. The molecular formula is C17H16N2O5S. The van der Waals surface area contributed by atoms with Gasteiger partial charge in [-0.1, -0.05) is 6.07 Å². The van der Waals surface area contributed by atoms with Crippen molar-refractivity contribution in [1.29, 1.82) is 0 Å². The molecule has 1 atom stereocenters. The van der Waals surface area contributed by atoms with Crippen LogP contribution in [0.5, 0.6) is 0 Å². The summed E-state index contributed by atoms with van der Waals surface area (Å²) in [5.41, 5.74) is 3.05. The Hall–Kier alpha value is -2.71. The van der Waals surface area contributed by atoms with Crippen LogP contribution in [-0.2, 0) is 14.8 Å². The van der Waals surface area contributed by atoms with E-state index >= 15 is 0 Å². The van der Waals surface area contributed by atoms with Gasteiger partial charge in [0.2, 0.25) is 15.9 Å². The molecule has 3 aromatic rings. The molecule has 1 aromatic heterocycles. The van der Waals surface area contributed by atoms with Crippen LogP contribution in [0.4, 0.5) is 0 Å². The number of aryl methyl sites for hydroxylation is 1. The number of sulfonamides is 1. The van der Waals surface area contributed by atoms with Crippen LogP contribution in [0.1, 0.15) is 12.5 Å². The summed E-state index contributed by atoms with van der Waals surface area (Å²) in [6, 6.07) is 10.3. The first-order valence-corrected chi connectivity index (χ1v) is 8.97. The van der Waals surface area contributed by atoms with Gasteiger partial charge in [-0.2, -0.15) is 4.72 Å². The molecule has 25 heavy (non-hydrogen) atoms. The zero-order valence-electron chi connectivity index (χ0n) is 13.6. The molecule has 0 aliphatic carbocycles. The van der Waals surface area contributed by atoms with Gasteiger partial charge in [0.1, 0.15) is 11.6 Å². The third-order valence-corrected chi connectivity index (χ3v) is 5.21. The highest BCUT2D eigenvalue weighted by atomic mass is 32.2. The van der Waals surface area contributed by atoms with Gasteiger partial charge in [-0.25, -0.2) is 13.4 Å². The van der Waals surface area contributed by atoms with E-state index in [0.29, 0.717) is 22.6 Å². The molecule has 0 unspecified atom stereocenters. The van der Waals surface area contributed by atoms with Crippen molar-refractivity contribution >= 4 is 27.1 Å². The number of aliphatic carboxylic acids is 1. The molecule has 1 heterocycles. The second-order valence-corrected chi connectivity index (χ2v) is 7.41. The van der Waals surface area contributed by atoms with Gasteiger partial charge in [0.15, 0.2) is 5.58 Å². The number of carboxylic acid groups (broad SMARTS) is 1. The fourth-order valence-corrected chi connectivity index (χ4v) is 3.48. The van der Waals surface area contributed by atoms with Crippen LogP contribution < -0.4 is 4.72 Å². The van der Waals surface area contributed by atoms with E-state index in [9.17, 15) is 13.2 Å². The molecule has 0 radical (unpaired) electrons. The monoisotopic (exact) mass is 360 g/mol. The first-order chi connectivity index (χ1) is 11.8. The highest BCUT2D eigenvalue weighted by Crippen LogP contribution is 2.25. The number of hydrogen-bond donors (Lipinski definition) is 2. The maximum Gasteiger partial charge on any atom is 0.321 e. The van der Waals surface area contributed by atoms with Crippen molar-refractivity contribution in [3.63, 3.8) is 0 Å². The van der Waals surface area contributed by atoms with E-state index in [-0.39, 0.29) is 4.90 Å². The molecule has 3 rings (SSSR count). The maximum atomic E-state index is 12.2. The van der Waals surface area contributed by atoms with E-state index in [0.717, 1.165) is 5.56 Å². The summed E-state index contributed by atoms with van der Waals surface area (Å²) >= 11 is 0. The van der Waals surface area contributed by atoms with Gasteiger partial charge in [0, 0.05) is 5.56 Å². The quantitative estimate of drug-likeness (QED) is 0.724. The fraction of sp³-hybridized carbons (Fsp3) is 0.176. The van der Waals surface area contributed by atoms with Crippen LogP contribution in [0, 0.1) is 6.92 Å². The number of nitrogens with one attached hydrogen (secondary N) is 1. The molecule has 0 amide bonds. The second kappa shape index (κ2) is 6.30. The Kier molecular flexibility index (Phi) is 4.32. The summed E-state index contributed by atoms with van der Waals surface area (Å²) in [5.74, 6) is -0.863. The number of rotatable bonds is 5. The van der Waals surface area contributed by atoms with E-state index in [1.807, 2.05) is 25.1 Å². The van der Waals surface area contributed by atoms with E-state index in [1.165, 1.54) is 19.1 Å². The van der Waals surface area contributed by atoms with Gasteiger partial charge in [-0.15, -0.1) is 0 Å². The molecular weight excluding hydrogens is 344 g/mol. The molecule has 0 saturated heterocycles. The van der Waals surface area contributed by atoms with E-state index in [2.05, 4.69) is 9.71 Å². The van der Waals surface area contributed by atoms with E-state index in [1.54, 1.807) is 12.1 Å². The SMILES string of the molecule is Cc1ccc2nc(-c3ccc(S(=O)(=O)N[C@H](C)C(=O)O)cc3)oc2c1. The Labute approximate surface area is 144 Å². The van der Waals surface area contributed by atoms with Crippen molar-refractivity contribution in [1.82, 2.24) is 9.71 Å². The Morgan fingerprint density at radius 3 is 2.52 bits per heavy atom. The summed E-state index contributed by atoms with van der Waals surface area (Å²) in [6.45, 7) is 3.21. The van der Waals surface area contributed by atoms with Crippen LogP contribution >= 0.6 is 0 Å². The van der Waals surface area contributed by atoms with E-state index in [4.69, 9.17) is 9.52 Å². The first kappa shape index (κ1) is 17.1. The largest absolute Gasteiger partial charge is 0.480 e. The lowest BCUT2D eigenvalue weighted by Crippen LogP contribution is -2.38. The molecule has 2 N–H and O–H groups in total. The predicted molar refractivity (Wildman–Crippen MR) is 91.6 cm³/mol. The van der Waals surface area contributed by atoms with Crippen molar-refractivity contribution in [3.05, 3.63) is 48.0 Å². The zero-order valence-corrected chi connectivity index (χ0v) is 14.4. The summed E-state index contributed by atoms with van der Waals surface area (Å²) in [5, 5.41) is 8.83. The Bertz CT molecular complexity index is 1040. The molecule has 2 aromatic carbocycles. The molecule has 0 aliphatic heterocycles. The van der Waals surface area contributed by atoms with Crippen LogP contribution in [0.3, 0.4) is 0 Å². The summed E-state index contributed by atoms with van der Waals surface area (Å²) in [4.78, 5) is 15.2. The van der Waals surface area contributed by atoms with Crippen molar-refractivity contribution in [3.8, 4) is 11.5 Å². The number of oxazole rings is 1.